The second kappa shape index (κ2) is 4.28. The highest BCUT2D eigenvalue weighted by molar-refractivity contribution is 9.10. The van der Waals surface area contributed by atoms with Gasteiger partial charge in [-0.15, -0.1) is 0 Å². The zero-order valence-electron chi connectivity index (χ0n) is 8.50. The molecule has 2 rings (SSSR count). The smallest absolute Gasteiger partial charge is 0.177 e. The normalized spacial score (nSPS) is 13.3. The summed E-state index contributed by atoms with van der Waals surface area (Å²) in [5.74, 6) is 0.907. The van der Waals surface area contributed by atoms with Crippen LogP contribution in [0.3, 0.4) is 0 Å². The van der Waals surface area contributed by atoms with Crippen molar-refractivity contribution in [3.8, 4) is 0 Å². The summed E-state index contributed by atoms with van der Waals surface area (Å²) in [4.78, 5) is 11.8. The Morgan fingerprint density at radius 2 is 2.40 bits per heavy atom. The Labute approximate surface area is 96.4 Å². The summed E-state index contributed by atoms with van der Waals surface area (Å²) >= 11 is 3.37. The fraction of sp³-hybridized carbons (Fsp3) is 0.400. The molecule has 0 aliphatic carbocycles. The van der Waals surface area contributed by atoms with E-state index in [-0.39, 0.29) is 6.04 Å². The Morgan fingerprint density at radius 1 is 1.60 bits per heavy atom. The number of halogens is 1. The van der Waals surface area contributed by atoms with Crippen molar-refractivity contribution in [3.63, 3.8) is 0 Å². The van der Waals surface area contributed by atoms with Crippen LogP contribution in [0.2, 0.25) is 0 Å². The largest absolute Gasteiger partial charge is 0.341 e. The number of aromatic nitrogens is 3. The lowest BCUT2D eigenvalue weighted by molar-refractivity contribution is 0.630. The van der Waals surface area contributed by atoms with Crippen LogP contribution >= 0.6 is 15.9 Å². The maximum absolute atomic E-state index is 5.87. The Kier molecular flexibility index (Phi) is 3.02. The molecule has 0 aromatic carbocycles. The minimum absolute atomic E-state index is 0.161. The van der Waals surface area contributed by atoms with E-state index in [9.17, 15) is 0 Å². The number of fused-ring (bicyclic) bond motifs is 1. The molecule has 5 heteroatoms. The number of nitrogens with one attached hydrogen (secondary N) is 1. The van der Waals surface area contributed by atoms with E-state index in [1.165, 1.54) is 0 Å². The monoisotopic (exact) mass is 268 g/mol. The molecule has 2 aromatic rings. The van der Waals surface area contributed by atoms with Gasteiger partial charge >= 0.3 is 0 Å². The zero-order chi connectivity index (χ0) is 10.8. The van der Waals surface area contributed by atoms with Crippen molar-refractivity contribution in [2.45, 2.75) is 25.8 Å². The third kappa shape index (κ3) is 2.35. The predicted octanol–water partition coefficient (Wildman–Crippen LogP) is 2.00. The number of hydrogen-bond donors (Lipinski definition) is 2. The SMILES string of the molecule is CCC(N)Cc1nc2ncc(Br)cc2[nH]1. The average molecular weight is 269 g/mol. The molecule has 0 fully saturated rings. The van der Waals surface area contributed by atoms with Crippen LogP contribution in [0, 0.1) is 0 Å². The molecular weight excluding hydrogens is 256 g/mol. The number of aromatic amines is 1. The minimum atomic E-state index is 0.161. The zero-order valence-corrected chi connectivity index (χ0v) is 10.1. The summed E-state index contributed by atoms with van der Waals surface area (Å²) in [6, 6.07) is 2.13. The molecule has 0 aliphatic heterocycles. The van der Waals surface area contributed by atoms with Gasteiger partial charge in [-0.1, -0.05) is 6.92 Å². The van der Waals surface area contributed by atoms with Gasteiger partial charge in [0.15, 0.2) is 5.65 Å². The van der Waals surface area contributed by atoms with Gasteiger partial charge in [0.2, 0.25) is 0 Å². The number of hydrogen-bond acceptors (Lipinski definition) is 3. The van der Waals surface area contributed by atoms with Crippen molar-refractivity contribution in [2.24, 2.45) is 5.73 Å². The number of pyridine rings is 1. The summed E-state index contributed by atoms with van der Waals surface area (Å²) in [5, 5.41) is 0. The second-order valence-electron chi connectivity index (χ2n) is 3.58. The van der Waals surface area contributed by atoms with Crippen molar-refractivity contribution < 1.29 is 0 Å². The molecule has 1 atom stereocenters. The van der Waals surface area contributed by atoms with Gasteiger partial charge in [-0.25, -0.2) is 9.97 Å². The van der Waals surface area contributed by atoms with Gasteiger partial charge in [0.1, 0.15) is 5.82 Å². The molecule has 80 valence electrons. The van der Waals surface area contributed by atoms with Gasteiger partial charge < -0.3 is 10.7 Å². The van der Waals surface area contributed by atoms with E-state index in [1.807, 2.05) is 6.07 Å². The second-order valence-corrected chi connectivity index (χ2v) is 4.50. The summed E-state index contributed by atoms with van der Waals surface area (Å²) in [6.45, 7) is 2.07. The third-order valence-electron chi connectivity index (χ3n) is 2.33. The van der Waals surface area contributed by atoms with Crippen LogP contribution in [0.15, 0.2) is 16.7 Å². The lowest BCUT2D eigenvalue weighted by atomic mass is 10.2. The molecule has 0 radical (unpaired) electrons. The highest BCUT2D eigenvalue weighted by Crippen LogP contribution is 2.15. The molecule has 15 heavy (non-hydrogen) atoms. The minimum Gasteiger partial charge on any atom is -0.341 e. The summed E-state index contributed by atoms with van der Waals surface area (Å²) in [6.07, 6.45) is 3.46. The lowest BCUT2D eigenvalue weighted by Crippen LogP contribution is -2.21. The van der Waals surface area contributed by atoms with Gasteiger partial charge in [-0.05, 0) is 28.4 Å². The first-order valence-corrected chi connectivity index (χ1v) is 5.74. The van der Waals surface area contributed by atoms with Gasteiger partial charge in [-0.2, -0.15) is 0 Å². The van der Waals surface area contributed by atoms with Crippen molar-refractivity contribution in [2.75, 3.05) is 0 Å². The van der Waals surface area contributed by atoms with E-state index < -0.39 is 0 Å². The van der Waals surface area contributed by atoms with E-state index in [4.69, 9.17) is 5.73 Å². The first-order chi connectivity index (χ1) is 7.19. The predicted molar refractivity (Wildman–Crippen MR) is 63.6 cm³/mol. The number of rotatable bonds is 3. The van der Waals surface area contributed by atoms with Gasteiger partial charge in [0.05, 0.1) is 5.52 Å². The van der Waals surface area contributed by atoms with E-state index >= 15 is 0 Å². The molecule has 2 aromatic heterocycles. The number of H-pyrrole nitrogens is 1. The molecule has 0 aliphatic rings. The molecule has 0 bridgehead atoms. The van der Waals surface area contributed by atoms with Crippen LogP contribution in [-0.4, -0.2) is 21.0 Å². The standard InChI is InChI=1S/C10H13BrN4/c1-2-7(12)4-9-14-8-3-6(11)5-13-10(8)15-9/h3,5,7H,2,4,12H2,1H3,(H,13,14,15). The fourth-order valence-corrected chi connectivity index (χ4v) is 1.75. The molecular formula is C10H13BrN4. The van der Waals surface area contributed by atoms with E-state index in [1.54, 1.807) is 6.20 Å². The summed E-state index contributed by atoms with van der Waals surface area (Å²) < 4.78 is 0.949. The van der Waals surface area contributed by atoms with E-state index in [2.05, 4.69) is 37.8 Å². The maximum Gasteiger partial charge on any atom is 0.177 e. The van der Waals surface area contributed by atoms with Crippen LogP contribution in [0.25, 0.3) is 11.2 Å². The van der Waals surface area contributed by atoms with Crippen LogP contribution in [0.4, 0.5) is 0 Å². The van der Waals surface area contributed by atoms with Gasteiger partial charge in [0.25, 0.3) is 0 Å². The summed E-state index contributed by atoms with van der Waals surface area (Å²) in [5.41, 5.74) is 7.56. The van der Waals surface area contributed by atoms with Crippen LogP contribution in [0.1, 0.15) is 19.2 Å². The number of imidazole rings is 1. The van der Waals surface area contributed by atoms with Crippen molar-refractivity contribution in [1.82, 2.24) is 15.0 Å². The fourth-order valence-electron chi connectivity index (χ4n) is 1.41. The van der Waals surface area contributed by atoms with E-state index in [0.29, 0.717) is 0 Å². The Balaban J connectivity index is 2.30. The molecule has 2 heterocycles. The highest BCUT2D eigenvalue weighted by Gasteiger charge is 2.07. The topological polar surface area (TPSA) is 67.6 Å². The number of nitrogens with two attached hydrogens (primary N) is 1. The van der Waals surface area contributed by atoms with Crippen LogP contribution in [0.5, 0.6) is 0 Å². The quantitative estimate of drug-likeness (QED) is 0.895. The molecule has 0 spiro atoms. The van der Waals surface area contributed by atoms with Crippen LogP contribution in [-0.2, 0) is 6.42 Å². The van der Waals surface area contributed by atoms with Crippen molar-refractivity contribution >= 4 is 27.1 Å². The van der Waals surface area contributed by atoms with Crippen LogP contribution < -0.4 is 5.73 Å². The number of nitrogens with zero attached hydrogens (tertiary/aromatic N) is 2. The first-order valence-electron chi connectivity index (χ1n) is 4.94. The first kappa shape index (κ1) is 10.6. The van der Waals surface area contributed by atoms with Crippen molar-refractivity contribution in [3.05, 3.63) is 22.6 Å². The third-order valence-corrected chi connectivity index (χ3v) is 2.77. The molecule has 1 unspecified atom stereocenters. The molecule has 3 N–H and O–H groups in total. The van der Waals surface area contributed by atoms with E-state index in [0.717, 1.165) is 34.3 Å². The Hall–Kier alpha value is -0.940. The molecule has 4 nitrogen and oxygen atoms in total. The average Bonchev–Trinajstić information content (AvgIpc) is 2.59. The lowest BCUT2D eigenvalue weighted by Gasteiger charge is -2.04. The maximum atomic E-state index is 5.87. The highest BCUT2D eigenvalue weighted by atomic mass is 79.9. The van der Waals surface area contributed by atoms with Gasteiger partial charge in [0, 0.05) is 23.1 Å². The Bertz CT molecular complexity index is 465. The Morgan fingerprint density at radius 3 is 3.13 bits per heavy atom. The summed E-state index contributed by atoms with van der Waals surface area (Å²) in [7, 11) is 0. The van der Waals surface area contributed by atoms with Crippen molar-refractivity contribution in [1.29, 1.82) is 0 Å². The van der Waals surface area contributed by atoms with Gasteiger partial charge in [-0.3, -0.25) is 0 Å². The molecule has 0 saturated carbocycles. The molecule has 0 amide bonds. The molecule has 0 saturated heterocycles.